The van der Waals surface area contributed by atoms with Crippen LogP contribution >= 0.6 is 11.6 Å². The molecule has 6 nitrogen and oxygen atoms in total. The van der Waals surface area contributed by atoms with Crippen LogP contribution in [0.25, 0.3) is 0 Å². The lowest BCUT2D eigenvalue weighted by Crippen LogP contribution is -2.30. The summed E-state index contributed by atoms with van der Waals surface area (Å²) in [6, 6.07) is 11.5. The van der Waals surface area contributed by atoms with Crippen LogP contribution in [0.2, 0.25) is 5.02 Å². The summed E-state index contributed by atoms with van der Waals surface area (Å²) >= 11 is 6.00. The fourth-order valence-electron chi connectivity index (χ4n) is 2.15. The third kappa shape index (κ3) is 4.89. The first-order valence-electron chi connectivity index (χ1n) is 8.03. The van der Waals surface area contributed by atoms with Gasteiger partial charge in [0, 0.05) is 0 Å². The van der Waals surface area contributed by atoms with Crippen LogP contribution in [0.5, 0.6) is 11.5 Å². The van der Waals surface area contributed by atoms with Crippen molar-refractivity contribution in [3.8, 4) is 11.5 Å². The van der Waals surface area contributed by atoms with Crippen molar-refractivity contribution in [2.45, 2.75) is 20.0 Å². The molecule has 0 aliphatic heterocycles. The molecule has 0 fully saturated rings. The summed E-state index contributed by atoms with van der Waals surface area (Å²) in [5.41, 5.74) is 0.701. The number of amides is 1. The van der Waals surface area contributed by atoms with Gasteiger partial charge >= 0.3 is 5.97 Å². The van der Waals surface area contributed by atoms with Crippen molar-refractivity contribution in [1.29, 1.82) is 0 Å². The van der Waals surface area contributed by atoms with E-state index >= 15 is 0 Å². The highest BCUT2D eigenvalue weighted by molar-refractivity contribution is 6.33. The van der Waals surface area contributed by atoms with E-state index in [9.17, 15) is 9.59 Å². The van der Waals surface area contributed by atoms with Crippen molar-refractivity contribution in [3.05, 3.63) is 53.1 Å². The van der Waals surface area contributed by atoms with Crippen LogP contribution in [0.4, 0.5) is 5.69 Å². The first kappa shape index (κ1) is 19.6. The molecule has 0 unspecified atom stereocenters. The first-order valence-corrected chi connectivity index (χ1v) is 8.41. The smallest absolute Gasteiger partial charge is 0.339 e. The summed E-state index contributed by atoms with van der Waals surface area (Å²) in [4.78, 5) is 24.5. The molecule has 1 atom stereocenters. The van der Waals surface area contributed by atoms with Gasteiger partial charge in [0.15, 0.2) is 17.6 Å². The molecule has 2 aromatic rings. The van der Waals surface area contributed by atoms with Gasteiger partial charge in [-0.05, 0) is 44.2 Å². The minimum absolute atomic E-state index is 0.252. The molecule has 26 heavy (non-hydrogen) atoms. The van der Waals surface area contributed by atoms with Gasteiger partial charge in [-0.2, -0.15) is 0 Å². The van der Waals surface area contributed by atoms with Crippen LogP contribution in [0.1, 0.15) is 24.2 Å². The Bertz CT molecular complexity index is 793. The largest absolute Gasteiger partial charge is 0.493 e. The van der Waals surface area contributed by atoms with Crippen LogP contribution in [0, 0.1) is 0 Å². The number of methoxy groups -OCH3 is 1. The molecular weight excluding hydrogens is 358 g/mol. The van der Waals surface area contributed by atoms with E-state index in [0.29, 0.717) is 28.8 Å². The zero-order chi connectivity index (χ0) is 19.1. The standard InChI is InChI=1S/C19H20ClNO5/c1-4-25-16-10-9-13(11-17(16)24-3)19(23)26-12(2)18(22)21-15-8-6-5-7-14(15)20/h5-12H,4H2,1-3H3,(H,21,22)/t12-/m0/s1. The van der Waals surface area contributed by atoms with Crippen molar-refractivity contribution in [3.63, 3.8) is 0 Å². The van der Waals surface area contributed by atoms with Gasteiger partial charge in [0.1, 0.15) is 0 Å². The zero-order valence-corrected chi connectivity index (χ0v) is 15.5. The zero-order valence-electron chi connectivity index (χ0n) is 14.7. The molecule has 2 rings (SSSR count). The van der Waals surface area contributed by atoms with Gasteiger partial charge in [-0.15, -0.1) is 0 Å². The Labute approximate surface area is 157 Å². The van der Waals surface area contributed by atoms with E-state index in [0.717, 1.165) is 0 Å². The highest BCUT2D eigenvalue weighted by atomic mass is 35.5. The van der Waals surface area contributed by atoms with Crippen LogP contribution in [-0.2, 0) is 9.53 Å². The molecule has 2 aromatic carbocycles. The summed E-state index contributed by atoms with van der Waals surface area (Å²) in [7, 11) is 1.48. The number of esters is 1. The Hall–Kier alpha value is -2.73. The second-order valence-electron chi connectivity index (χ2n) is 5.32. The van der Waals surface area contributed by atoms with Gasteiger partial charge in [-0.25, -0.2) is 4.79 Å². The third-order valence-corrected chi connectivity index (χ3v) is 3.81. The number of hydrogen-bond donors (Lipinski definition) is 1. The van der Waals surface area contributed by atoms with Crippen molar-refractivity contribution in [2.24, 2.45) is 0 Å². The molecule has 1 N–H and O–H groups in total. The second-order valence-corrected chi connectivity index (χ2v) is 5.72. The molecule has 0 aliphatic carbocycles. The maximum absolute atomic E-state index is 12.3. The number of ether oxygens (including phenoxy) is 3. The molecule has 0 heterocycles. The average molecular weight is 378 g/mol. The van der Waals surface area contributed by atoms with E-state index in [1.807, 2.05) is 6.92 Å². The number of hydrogen-bond acceptors (Lipinski definition) is 5. The summed E-state index contributed by atoms with van der Waals surface area (Å²) in [5.74, 6) is -0.192. The predicted molar refractivity (Wildman–Crippen MR) is 99.1 cm³/mol. The molecule has 1 amide bonds. The lowest BCUT2D eigenvalue weighted by molar-refractivity contribution is -0.123. The van der Waals surface area contributed by atoms with Gasteiger partial charge in [0.25, 0.3) is 5.91 Å². The number of carbonyl (C=O) groups excluding carboxylic acids is 2. The predicted octanol–water partition coefficient (Wildman–Crippen LogP) is 3.93. The number of halogens is 1. The molecule has 0 aliphatic rings. The Balaban J connectivity index is 2.04. The van der Waals surface area contributed by atoms with Crippen molar-refractivity contribution in [2.75, 3.05) is 19.0 Å². The van der Waals surface area contributed by atoms with E-state index < -0.39 is 18.0 Å². The molecule has 0 aromatic heterocycles. The molecular formula is C19H20ClNO5. The van der Waals surface area contributed by atoms with Gasteiger partial charge in [0.2, 0.25) is 0 Å². The summed E-state index contributed by atoms with van der Waals surface area (Å²) in [6.07, 6.45) is -1.00. The molecule has 0 bridgehead atoms. The first-order chi connectivity index (χ1) is 12.5. The second kappa shape index (κ2) is 9.10. The van der Waals surface area contributed by atoms with Gasteiger partial charge in [0.05, 0.1) is 30.0 Å². The quantitative estimate of drug-likeness (QED) is 0.740. The lowest BCUT2D eigenvalue weighted by Gasteiger charge is -2.15. The Kier molecular flexibility index (Phi) is 6.86. The third-order valence-electron chi connectivity index (χ3n) is 3.48. The topological polar surface area (TPSA) is 73.9 Å². The molecule has 7 heteroatoms. The number of rotatable bonds is 7. The van der Waals surface area contributed by atoms with Crippen LogP contribution in [0.15, 0.2) is 42.5 Å². The van der Waals surface area contributed by atoms with E-state index in [-0.39, 0.29) is 5.56 Å². The molecule has 0 saturated heterocycles. The van der Waals surface area contributed by atoms with Crippen molar-refractivity contribution >= 4 is 29.2 Å². The van der Waals surface area contributed by atoms with Crippen LogP contribution in [-0.4, -0.2) is 31.7 Å². The number of benzene rings is 2. The van der Waals surface area contributed by atoms with Gasteiger partial charge in [-0.1, -0.05) is 23.7 Å². The number of para-hydroxylation sites is 1. The number of carbonyl (C=O) groups is 2. The lowest BCUT2D eigenvalue weighted by atomic mass is 10.2. The van der Waals surface area contributed by atoms with E-state index in [1.54, 1.807) is 36.4 Å². The normalized spacial score (nSPS) is 11.4. The maximum Gasteiger partial charge on any atom is 0.339 e. The summed E-state index contributed by atoms with van der Waals surface area (Å²) < 4.78 is 15.8. The summed E-state index contributed by atoms with van der Waals surface area (Å²) in [6.45, 7) is 3.80. The Morgan fingerprint density at radius 1 is 1.15 bits per heavy atom. The monoisotopic (exact) mass is 377 g/mol. The number of nitrogens with one attached hydrogen (secondary N) is 1. The minimum Gasteiger partial charge on any atom is -0.493 e. The number of anilines is 1. The SMILES string of the molecule is CCOc1ccc(C(=O)O[C@@H](C)C(=O)Nc2ccccc2Cl)cc1OC. The van der Waals surface area contributed by atoms with E-state index in [1.165, 1.54) is 20.1 Å². The minimum atomic E-state index is -1.00. The maximum atomic E-state index is 12.3. The van der Waals surface area contributed by atoms with E-state index in [2.05, 4.69) is 5.32 Å². The summed E-state index contributed by atoms with van der Waals surface area (Å²) in [5, 5.41) is 3.02. The van der Waals surface area contributed by atoms with Gasteiger partial charge in [-0.3, -0.25) is 4.79 Å². The Morgan fingerprint density at radius 3 is 2.54 bits per heavy atom. The van der Waals surface area contributed by atoms with Crippen LogP contribution in [0.3, 0.4) is 0 Å². The average Bonchev–Trinajstić information content (AvgIpc) is 2.64. The highest BCUT2D eigenvalue weighted by Gasteiger charge is 2.20. The van der Waals surface area contributed by atoms with Crippen LogP contribution < -0.4 is 14.8 Å². The van der Waals surface area contributed by atoms with Crippen molar-refractivity contribution < 1.29 is 23.8 Å². The molecule has 0 saturated carbocycles. The molecule has 138 valence electrons. The Morgan fingerprint density at radius 2 is 1.88 bits per heavy atom. The van der Waals surface area contributed by atoms with Gasteiger partial charge < -0.3 is 19.5 Å². The fraction of sp³-hybridized carbons (Fsp3) is 0.263. The molecule has 0 radical (unpaired) electrons. The highest BCUT2D eigenvalue weighted by Crippen LogP contribution is 2.28. The molecule has 0 spiro atoms. The fourth-order valence-corrected chi connectivity index (χ4v) is 2.33. The van der Waals surface area contributed by atoms with Crippen molar-refractivity contribution in [1.82, 2.24) is 0 Å². The van der Waals surface area contributed by atoms with E-state index in [4.69, 9.17) is 25.8 Å².